The fourth-order valence-electron chi connectivity index (χ4n) is 1.75. The number of carboxylic acid groups (broad SMARTS) is 1. The van der Waals surface area contributed by atoms with Crippen LogP contribution in [0.4, 0.5) is 0 Å². The van der Waals surface area contributed by atoms with Gasteiger partial charge in [-0.15, -0.1) is 0 Å². The smallest absolute Gasteiger partial charge is 0.305 e. The van der Waals surface area contributed by atoms with Crippen molar-refractivity contribution in [2.24, 2.45) is 0 Å². The number of aromatic nitrogens is 2. The van der Waals surface area contributed by atoms with Crippen LogP contribution in [0.5, 0.6) is 0 Å². The molecular formula is C13H15N3O4S. The van der Waals surface area contributed by atoms with Crippen molar-refractivity contribution in [3.63, 3.8) is 0 Å². The lowest BCUT2D eigenvalue weighted by molar-refractivity contribution is -0.137. The minimum Gasteiger partial charge on any atom is -0.481 e. The molecule has 0 aromatic carbocycles. The summed E-state index contributed by atoms with van der Waals surface area (Å²) in [6.45, 7) is 1.65. The lowest BCUT2D eigenvalue weighted by atomic mass is 10.2. The number of hydrogen-bond acceptors (Lipinski definition) is 6. The standard InChI is InChI=1S/C13H15N3O4S/c1-8(6-12(18)19)14-10(17)2-3-11-15-13(16-20-11)9-4-5-21-7-9/h4-5,7-8H,2-3,6H2,1H3,(H,14,17)(H,18,19). The first-order valence-electron chi connectivity index (χ1n) is 6.41. The van der Waals surface area contributed by atoms with Gasteiger partial charge in [0.1, 0.15) is 0 Å². The van der Waals surface area contributed by atoms with E-state index in [2.05, 4.69) is 15.5 Å². The summed E-state index contributed by atoms with van der Waals surface area (Å²) in [4.78, 5) is 26.4. The molecule has 2 aromatic heterocycles. The second kappa shape index (κ2) is 6.98. The van der Waals surface area contributed by atoms with Crippen molar-refractivity contribution in [2.45, 2.75) is 32.2 Å². The molecule has 0 aliphatic carbocycles. The van der Waals surface area contributed by atoms with Gasteiger partial charge in [-0.1, -0.05) is 5.16 Å². The summed E-state index contributed by atoms with van der Waals surface area (Å²) < 4.78 is 5.08. The molecule has 1 amide bonds. The Morgan fingerprint density at radius 3 is 3.00 bits per heavy atom. The van der Waals surface area contributed by atoms with Crippen LogP contribution in [0.25, 0.3) is 11.4 Å². The second-order valence-electron chi connectivity index (χ2n) is 4.59. The summed E-state index contributed by atoms with van der Waals surface area (Å²) in [7, 11) is 0. The molecular weight excluding hydrogens is 294 g/mol. The van der Waals surface area contributed by atoms with Gasteiger partial charge in [0.05, 0.1) is 6.42 Å². The molecule has 0 aliphatic rings. The fraction of sp³-hybridized carbons (Fsp3) is 0.385. The highest BCUT2D eigenvalue weighted by molar-refractivity contribution is 7.08. The molecule has 112 valence electrons. The Labute approximate surface area is 125 Å². The molecule has 2 rings (SSSR count). The molecule has 0 radical (unpaired) electrons. The molecule has 2 heterocycles. The molecule has 0 bridgehead atoms. The number of hydrogen-bond donors (Lipinski definition) is 2. The van der Waals surface area contributed by atoms with E-state index in [0.29, 0.717) is 18.1 Å². The van der Waals surface area contributed by atoms with Gasteiger partial charge in [0.2, 0.25) is 17.6 Å². The highest BCUT2D eigenvalue weighted by atomic mass is 32.1. The van der Waals surface area contributed by atoms with Gasteiger partial charge in [-0.25, -0.2) is 0 Å². The van der Waals surface area contributed by atoms with Crippen LogP contribution in [0, 0.1) is 0 Å². The maximum absolute atomic E-state index is 11.7. The van der Waals surface area contributed by atoms with Crippen LogP contribution in [0.3, 0.4) is 0 Å². The molecule has 0 saturated carbocycles. The van der Waals surface area contributed by atoms with Crippen LogP contribution < -0.4 is 5.32 Å². The minimum atomic E-state index is -0.944. The van der Waals surface area contributed by atoms with Gasteiger partial charge in [0.15, 0.2) is 0 Å². The van der Waals surface area contributed by atoms with Crippen LogP contribution in [0.1, 0.15) is 25.7 Å². The molecule has 21 heavy (non-hydrogen) atoms. The van der Waals surface area contributed by atoms with Gasteiger partial charge in [0.25, 0.3) is 0 Å². The normalized spacial score (nSPS) is 12.0. The van der Waals surface area contributed by atoms with Gasteiger partial charge in [-0.2, -0.15) is 16.3 Å². The summed E-state index contributed by atoms with van der Waals surface area (Å²) in [5, 5.41) is 18.9. The van der Waals surface area contributed by atoms with Crippen LogP contribution in [0.2, 0.25) is 0 Å². The molecule has 7 nitrogen and oxygen atoms in total. The van der Waals surface area contributed by atoms with Gasteiger partial charge >= 0.3 is 5.97 Å². The van der Waals surface area contributed by atoms with E-state index in [1.807, 2.05) is 16.8 Å². The predicted octanol–water partition coefficient (Wildman–Crippen LogP) is 1.71. The molecule has 2 aromatic rings. The number of amides is 1. The van der Waals surface area contributed by atoms with E-state index >= 15 is 0 Å². The number of rotatable bonds is 7. The highest BCUT2D eigenvalue weighted by Gasteiger charge is 2.13. The summed E-state index contributed by atoms with van der Waals surface area (Å²) in [6.07, 6.45) is 0.395. The van der Waals surface area contributed by atoms with Gasteiger partial charge in [-0.3, -0.25) is 9.59 Å². The Morgan fingerprint density at radius 2 is 2.33 bits per heavy atom. The lowest BCUT2D eigenvalue weighted by Crippen LogP contribution is -2.34. The van der Waals surface area contributed by atoms with E-state index in [1.165, 1.54) is 11.3 Å². The topological polar surface area (TPSA) is 105 Å². The third kappa shape index (κ3) is 4.67. The number of aryl methyl sites for hydroxylation is 1. The summed E-state index contributed by atoms with van der Waals surface area (Å²) >= 11 is 1.54. The monoisotopic (exact) mass is 309 g/mol. The first kappa shape index (κ1) is 15.2. The Balaban J connectivity index is 1.80. The van der Waals surface area contributed by atoms with Gasteiger partial charge < -0.3 is 14.9 Å². The van der Waals surface area contributed by atoms with Crippen LogP contribution >= 0.6 is 11.3 Å². The second-order valence-corrected chi connectivity index (χ2v) is 5.37. The van der Waals surface area contributed by atoms with E-state index in [1.54, 1.807) is 6.92 Å². The number of nitrogens with one attached hydrogen (secondary N) is 1. The van der Waals surface area contributed by atoms with E-state index in [-0.39, 0.29) is 18.7 Å². The van der Waals surface area contributed by atoms with Crippen LogP contribution in [-0.2, 0) is 16.0 Å². The SMILES string of the molecule is CC(CC(=O)O)NC(=O)CCc1nc(-c2ccsc2)no1. The largest absolute Gasteiger partial charge is 0.481 e. The van der Waals surface area contributed by atoms with Crippen LogP contribution in [-0.4, -0.2) is 33.2 Å². The Morgan fingerprint density at radius 1 is 1.52 bits per heavy atom. The predicted molar refractivity (Wildman–Crippen MR) is 75.8 cm³/mol. The van der Waals surface area contributed by atoms with Crippen molar-refractivity contribution in [1.29, 1.82) is 0 Å². The van der Waals surface area contributed by atoms with Crippen molar-refractivity contribution < 1.29 is 19.2 Å². The number of aliphatic carboxylic acids is 1. The number of thiophene rings is 1. The summed E-state index contributed by atoms with van der Waals surface area (Å²) in [5.74, 6) is -0.290. The van der Waals surface area contributed by atoms with E-state index in [4.69, 9.17) is 9.63 Å². The average molecular weight is 309 g/mol. The first-order chi connectivity index (χ1) is 10.0. The molecule has 0 spiro atoms. The van der Waals surface area contributed by atoms with E-state index < -0.39 is 12.0 Å². The van der Waals surface area contributed by atoms with Crippen molar-refractivity contribution in [1.82, 2.24) is 15.5 Å². The maximum Gasteiger partial charge on any atom is 0.305 e. The molecule has 0 saturated heterocycles. The number of carbonyl (C=O) groups is 2. The molecule has 1 unspecified atom stereocenters. The Bertz CT molecular complexity index is 609. The van der Waals surface area contributed by atoms with Crippen molar-refractivity contribution >= 4 is 23.2 Å². The number of carboxylic acids is 1. The number of carbonyl (C=O) groups excluding carboxylic acids is 1. The molecule has 8 heteroatoms. The Kier molecular flexibility index (Phi) is 5.04. The zero-order valence-corrected chi connectivity index (χ0v) is 12.2. The Hall–Kier alpha value is -2.22. The summed E-state index contributed by atoms with van der Waals surface area (Å²) in [6, 6.07) is 1.48. The average Bonchev–Trinajstić information content (AvgIpc) is 3.06. The third-order valence-electron chi connectivity index (χ3n) is 2.70. The molecule has 1 atom stereocenters. The summed E-state index contributed by atoms with van der Waals surface area (Å²) in [5.41, 5.74) is 0.884. The van der Waals surface area contributed by atoms with Crippen molar-refractivity contribution in [3.05, 3.63) is 22.7 Å². The van der Waals surface area contributed by atoms with E-state index in [9.17, 15) is 9.59 Å². The van der Waals surface area contributed by atoms with Gasteiger partial charge in [0, 0.05) is 29.8 Å². The zero-order valence-electron chi connectivity index (χ0n) is 11.4. The quantitative estimate of drug-likeness (QED) is 0.806. The maximum atomic E-state index is 11.7. The number of nitrogens with zero attached hydrogens (tertiary/aromatic N) is 2. The van der Waals surface area contributed by atoms with E-state index in [0.717, 1.165) is 5.56 Å². The molecule has 0 fully saturated rings. The first-order valence-corrected chi connectivity index (χ1v) is 7.35. The zero-order chi connectivity index (χ0) is 15.2. The lowest BCUT2D eigenvalue weighted by Gasteiger charge is -2.10. The fourth-order valence-corrected chi connectivity index (χ4v) is 2.38. The molecule has 0 aliphatic heterocycles. The van der Waals surface area contributed by atoms with Crippen LogP contribution in [0.15, 0.2) is 21.3 Å². The highest BCUT2D eigenvalue weighted by Crippen LogP contribution is 2.18. The third-order valence-corrected chi connectivity index (χ3v) is 3.38. The minimum absolute atomic E-state index is 0.103. The van der Waals surface area contributed by atoms with Gasteiger partial charge in [-0.05, 0) is 18.4 Å². The van der Waals surface area contributed by atoms with Crippen molar-refractivity contribution in [2.75, 3.05) is 0 Å². The molecule has 2 N–H and O–H groups in total. The van der Waals surface area contributed by atoms with Crippen molar-refractivity contribution in [3.8, 4) is 11.4 Å².